The first-order valence-electron chi connectivity index (χ1n) is 8.41. The van der Waals surface area contributed by atoms with Crippen LogP contribution >= 0.6 is 24.4 Å². The third-order valence-corrected chi connectivity index (χ3v) is 5.86. The van der Waals surface area contributed by atoms with Gasteiger partial charge in [0.25, 0.3) is 0 Å². The number of ketones is 1. The van der Waals surface area contributed by atoms with Crippen LogP contribution in [-0.4, -0.2) is 42.5 Å². The Morgan fingerprint density at radius 3 is 2.08 bits per heavy atom. The van der Waals surface area contributed by atoms with E-state index in [4.69, 9.17) is 4.74 Å². The van der Waals surface area contributed by atoms with Crippen LogP contribution in [-0.2, 0) is 4.74 Å². The minimum Gasteiger partial charge on any atom is -0.379 e. The molecule has 2 aromatic rings. The number of thiol groups is 1. The van der Waals surface area contributed by atoms with Crippen molar-refractivity contribution in [1.82, 2.24) is 4.90 Å². The molecule has 1 heterocycles. The van der Waals surface area contributed by atoms with Crippen LogP contribution in [0.2, 0.25) is 0 Å². The number of hydrogen-bond donors (Lipinski definition) is 1. The molecule has 1 aliphatic rings. The molecule has 0 amide bonds. The van der Waals surface area contributed by atoms with Crippen molar-refractivity contribution >= 4 is 30.2 Å². The molecule has 0 bridgehead atoms. The molecular weight excluding hydrogens is 350 g/mol. The molecule has 1 aliphatic heterocycles. The number of ether oxygens (including phenoxy) is 1. The van der Waals surface area contributed by atoms with Crippen molar-refractivity contribution in [2.75, 3.05) is 26.3 Å². The van der Waals surface area contributed by atoms with Crippen LogP contribution in [0, 0.1) is 0 Å². The lowest BCUT2D eigenvalue weighted by Gasteiger charge is -2.39. The Hall–Kier alpha value is -1.27. The Labute approximate surface area is 159 Å². The van der Waals surface area contributed by atoms with Crippen molar-refractivity contribution in [2.24, 2.45) is 0 Å². The highest BCUT2D eigenvalue weighted by molar-refractivity contribution is 7.99. The summed E-state index contributed by atoms with van der Waals surface area (Å²) in [7, 11) is 0. The number of hydrogen-bond acceptors (Lipinski definition) is 5. The predicted molar refractivity (Wildman–Crippen MR) is 105 cm³/mol. The second-order valence-corrected chi connectivity index (χ2v) is 8.27. The topological polar surface area (TPSA) is 29.5 Å². The quantitative estimate of drug-likeness (QED) is 0.621. The third kappa shape index (κ3) is 4.47. The minimum absolute atomic E-state index is 0.158. The molecule has 2 aromatic carbocycles. The minimum atomic E-state index is -0.513. The Morgan fingerprint density at radius 2 is 1.52 bits per heavy atom. The van der Waals surface area contributed by atoms with Crippen LogP contribution in [0.5, 0.6) is 0 Å². The second kappa shape index (κ2) is 7.96. The maximum Gasteiger partial charge on any atom is 0.182 e. The van der Waals surface area contributed by atoms with Crippen LogP contribution < -0.4 is 0 Å². The number of carbonyl (C=O) groups is 1. The first-order chi connectivity index (χ1) is 12.0. The summed E-state index contributed by atoms with van der Waals surface area (Å²) in [5, 5.41) is 0. The van der Waals surface area contributed by atoms with E-state index in [0.717, 1.165) is 33.3 Å². The van der Waals surface area contributed by atoms with Gasteiger partial charge in [-0.15, -0.1) is 12.6 Å². The Morgan fingerprint density at radius 1 is 1.00 bits per heavy atom. The highest BCUT2D eigenvalue weighted by atomic mass is 32.2. The SMILES string of the molecule is CC(C)(C(=O)c1ccc(Sc2ccc(S)cc2)cc1)N1CCOCC1. The van der Waals surface area contributed by atoms with Crippen molar-refractivity contribution in [3.8, 4) is 0 Å². The molecule has 3 rings (SSSR count). The van der Waals surface area contributed by atoms with E-state index >= 15 is 0 Å². The predicted octanol–water partition coefficient (Wildman–Crippen LogP) is 4.42. The van der Waals surface area contributed by atoms with E-state index in [9.17, 15) is 4.79 Å². The highest BCUT2D eigenvalue weighted by Gasteiger charge is 2.35. The van der Waals surface area contributed by atoms with Gasteiger partial charge in [0.1, 0.15) is 0 Å². The van der Waals surface area contributed by atoms with E-state index in [1.54, 1.807) is 11.8 Å². The van der Waals surface area contributed by atoms with Gasteiger partial charge in [0.15, 0.2) is 5.78 Å². The average molecular weight is 374 g/mol. The normalized spacial score (nSPS) is 16.0. The van der Waals surface area contributed by atoms with Crippen LogP contribution in [0.4, 0.5) is 0 Å². The van der Waals surface area contributed by atoms with Crippen molar-refractivity contribution in [3.05, 3.63) is 54.1 Å². The van der Waals surface area contributed by atoms with E-state index in [2.05, 4.69) is 17.5 Å². The Kier molecular flexibility index (Phi) is 5.89. The first kappa shape index (κ1) is 18.5. The summed E-state index contributed by atoms with van der Waals surface area (Å²) in [6.45, 7) is 6.99. The molecule has 0 radical (unpaired) electrons. The fraction of sp³-hybridized carbons (Fsp3) is 0.350. The zero-order valence-corrected chi connectivity index (χ0v) is 16.3. The van der Waals surface area contributed by atoms with Crippen LogP contribution in [0.25, 0.3) is 0 Å². The number of nitrogens with zero attached hydrogens (tertiary/aromatic N) is 1. The smallest absolute Gasteiger partial charge is 0.182 e. The largest absolute Gasteiger partial charge is 0.379 e. The van der Waals surface area contributed by atoms with Gasteiger partial charge >= 0.3 is 0 Å². The summed E-state index contributed by atoms with van der Waals surface area (Å²) >= 11 is 5.99. The molecule has 5 heteroatoms. The summed E-state index contributed by atoms with van der Waals surface area (Å²) in [5.41, 5.74) is 0.243. The fourth-order valence-electron chi connectivity index (χ4n) is 2.94. The molecule has 0 unspecified atom stereocenters. The van der Waals surface area contributed by atoms with Gasteiger partial charge < -0.3 is 4.74 Å². The van der Waals surface area contributed by atoms with Gasteiger partial charge in [-0.2, -0.15) is 0 Å². The molecule has 132 valence electrons. The monoisotopic (exact) mass is 373 g/mol. The molecule has 3 nitrogen and oxygen atoms in total. The lowest BCUT2D eigenvalue weighted by atomic mass is 9.91. The standard InChI is InChI=1S/C20H23NO2S2/c1-20(2,21-11-13-23-14-12-21)19(22)15-3-7-17(8-4-15)25-18-9-5-16(24)6-10-18/h3-10,24H,11-14H2,1-2H3. The maximum absolute atomic E-state index is 13.0. The van der Waals surface area contributed by atoms with E-state index in [1.165, 1.54) is 0 Å². The summed E-state index contributed by atoms with van der Waals surface area (Å²) in [5.74, 6) is 0.158. The van der Waals surface area contributed by atoms with Gasteiger partial charge in [0.2, 0.25) is 0 Å². The molecule has 0 N–H and O–H groups in total. The van der Waals surface area contributed by atoms with Gasteiger partial charge in [-0.3, -0.25) is 9.69 Å². The van der Waals surface area contributed by atoms with Crippen LogP contribution in [0.15, 0.2) is 63.2 Å². The van der Waals surface area contributed by atoms with Crippen LogP contribution in [0.3, 0.4) is 0 Å². The number of morpholine rings is 1. The Bertz CT molecular complexity index is 720. The third-order valence-electron chi connectivity index (χ3n) is 4.55. The molecule has 1 saturated heterocycles. The van der Waals surface area contributed by atoms with Crippen molar-refractivity contribution in [2.45, 2.75) is 34.1 Å². The molecule has 0 atom stereocenters. The van der Waals surface area contributed by atoms with E-state index in [-0.39, 0.29) is 5.78 Å². The van der Waals surface area contributed by atoms with Gasteiger partial charge in [-0.25, -0.2) is 0 Å². The Balaban J connectivity index is 1.70. The lowest BCUT2D eigenvalue weighted by Crippen LogP contribution is -2.54. The molecule has 0 aromatic heterocycles. The highest BCUT2D eigenvalue weighted by Crippen LogP contribution is 2.29. The average Bonchev–Trinajstić information content (AvgIpc) is 2.64. The van der Waals surface area contributed by atoms with Crippen molar-refractivity contribution < 1.29 is 9.53 Å². The van der Waals surface area contributed by atoms with Gasteiger partial charge in [0, 0.05) is 33.3 Å². The zero-order chi connectivity index (χ0) is 17.9. The van der Waals surface area contributed by atoms with Crippen molar-refractivity contribution in [1.29, 1.82) is 0 Å². The molecule has 25 heavy (non-hydrogen) atoms. The van der Waals surface area contributed by atoms with E-state index in [0.29, 0.717) is 13.2 Å². The lowest BCUT2D eigenvalue weighted by molar-refractivity contribution is -0.00430. The van der Waals surface area contributed by atoms with Gasteiger partial charge in [-0.05, 0) is 50.2 Å². The number of rotatable bonds is 5. The van der Waals surface area contributed by atoms with Gasteiger partial charge in [-0.1, -0.05) is 23.9 Å². The van der Waals surface area contributed by atoms with Crippen LogP contribution in [0.1, 0.15) is 24.2 Å². The number of carbonyl (C=O) groups excluding carboxylic acids is 1. The molecule has 0 spiro atoms. The van der Waals surface area contributed by atoms with Gasteiger partial charge in [0.05, 0.1) is 18.8 Å². The first-order valence-corrected chi connectivity index (χ1v) is 9.68. The summed E-state index contributed by atoms with van der Waals surface area (Å²) in [6.07, 6.45) is 0. The molecule has 0 aliphatic carbocycles. The fourth-order valence-corrected chi connectivity index (χ4v) is 3.91. The van der Waals surface area contributed by atoms with Crippen molar-refractivity contribution in [3.63, 3.8) is 0 Å². The number of benzene rings is 2. The molecule has 0 saturated carbocycles. The zero-order valence-electron chi connectivity index (χ0n) is 14.6. The van der Waals surface area contributed by atoms with E-state index < -0.39 is 5.54 Å². The summed E-state index contributed by atoms with van der Waals surface area (Å²) < 4.78 is 5.40. The summed E-state index contributed by atoms with van der Waals surface area (Å²) in [6, 6.07) is 16.0. The second-order valence-electron chi connectivity index (χ2n) is 6.61. The number of Topliss-reactive ketones (excluding diaryl/α,β-unsaturated/α-hetero) is 1. The van der Waals surface area contributed by atoms with E-state index in [1.807, 2.05) is 62.4 Å². The molecular formula is C20H23NO2S2. The maximum atomic E-state index is 13.0. The molecule has 1 fully saturated rings. The summed E-state index contributed by atoms with van der Waals surface area (Å²) in [4.78, 5) is 18.4.